The van der Waals surface area contributed by atoms with Gasteiger partial charge in [-0.15, -0.1) is 0 Å². The molecule has 0 amide bonds. The molecule has 108 valence electrons. The summed E-state index contributed by atoms with van der Waals surface area (Å²) in [7, 11) is 0. The van der Waals surface area contributed by atoms with Crippen LogP contribution in [0.1, 0.15) is 22.8 Å². The highest BCUT2D eigenvalue weighted by molar-refractivity contribution is 6.09. The van der Waals surface area contributed by atoms with Crippen molar-refractivity contribution in [1.29, 1.82) is 5.26 Å². The highest BCUT2D eigenvalue weighted by Crippen LogP contribution is 2.21. The van der Waals surface area contributed by atoms with Gasteiger partial charge in [0, 0.05) is 22.7 Å². The van der Waals surface area contributed by atoms with Gasteiger partial charge in [0.2, 0.25) is 5.78 Å². The summed E-state index contributed by atoms with van der Waals surface area (Å²) in [6, 6.07) is 16.4. The lowest BCUT2D eigenvalue weighted by Crippen LogP contribution is -2.23. The Labute approximate surface area is 128 Å². The van der Waals surface area contributed by atoms with Gasteiger partial charge in [-0.1, -0.05) is 18.2 Å². The van der Waals surface area contributed by atoms with Crippen molar-refractivity contribution in [3.8, 4) is 11.8 Å². The smallest absolute Gasteiger partial charge is 0.205 e. The standard InChI is InChI=1S/C18H14N2O2/c1-12(22-14-8-6-13(10-19)7-9-14)18(21)16-11-20-17-5-3-2-4-15(16)17/h2-9,11-12,20H,1H3/t12-/m0/s1. The zero-order chi connectivity index (χ0) is 15.5. The molecule has 0 spiro atoms. The summed E-state index contributed by atoms with van der Waals surface area (Å²) in [6.07, 6.45) is 1.11. The van der Waals surface area contributed by atoms with Crippen LogP contribution in [0.3, 0.4) is 0 Å². The Morgan fingerprint density at radius 2 is 1.91 bits per heavy atom. The molecule has 0 saturated carbocycles. The van der Waals surface area contributed by atoms with E-state index < -0.39 is 6.10 Å². The van der Waals surface area contributed by atoms with Crippen molar-refractivity contribution in [2.75, 3.05) is 0 Å². The summed E-state index contributed by atoms with van der Waals surface area (Å²) in [4.78, 5) is 15.6. The van der Waals surface area contributed by atoms with Crippen molar-refractivity contribution in [2.45, 2.75) is 13.0 Å². The Hall–Kier alpha value is -3.06. The third kappa shape index (κ3) is 2.57. The number of ketones is 1. The van der Waals surface area contributed by atoms with E-state index >= 15 is 0 Å². The molecule has 22 heavy (non-hydrogen) atoms. The lowest BCUT2D eigenvalue weighted by atomic mass is 10.1. The van der Waals surface area contributed by atoms with Gasteiger partial charge in [-0.3, -0.25) is 4.79 Å². The number of H-pyrrole nitrogens is 1. The molecule has 1 aromatic heterocycles. The predicted octanol–water partition coefficient (Wildman–Crippen LogP) is 3.69. The number of para-hydroxylation sites is 1. The van der Waals surface area contributed by atoms with Crippen LogP contribution in [0.4, 0.5) is 0 Å². The maximum absolute atomic E-state index is 12.5. The first kappa shape index (κ1) is 13.9. The molecular weight excluding hydrogens is 276 g/mol. The van der Waals surface area contributed by atoms with Crippen molar-refractivity contribution in [3.63, 3.8) is 0 Å². The fourth-order valence-electron chi connectivity index (χ4n) is 2.36. The van der Waals surface area contributed by atoms with Crippen LogP contribution in [0.5, 0.6) is 5.75 Å². The second-order valence-electron chi connectivity index (χ2n) is 5.01. The minimum absolute atomic E-state index is 0.0817. The highest BCUT2D eigenvalue weighted by Gasteiger charge is 2.20. The van der Waals surface area contributed by atoms with Crippen molar-refractivity contribution >= 4 is 16.7 Å². The van der Waals surface area contributed by atoms with E-state index in [1.54, 1.807) is 37.4 Å². The molecule has 3 rings (SSSR count). The Kier molecular flexibility index (Phi) is 3.63. The second-order valence-corrected chi connectivity index (χ2v) is 5.01. The number of nitrogens with zero attached hydrogens (tertiary/aromatic N) is 1. The van der Waals surface area contributed by atoms with Crippen LogP contribution in [0.15, 0.2) is 54.7 Å². The van der Waals surface area contributed by atoms with Crippen LogP contribution in [0.2, 0.25) is 0 Å². The molecule has 0 radical (unpaired) electrons. The van der Waals surface area contributed by atoms with E-state index in [4.69, 9.17) is 10.00 Å². The number of aromatic nitrogens is 1. The van der Waals surface area contributed by atoms with Gasteiger partial charge in [0.1, 0.15) is 5.75 Å². The fourth-order valence-corrected chi connectivity index (χ4v) is 2.36. The first-order valence-electron chi connectivity index (χ1n) is 6.96. The third-order valence-electron chi connectivity index (χ3n) is 3.52. The van der Waals surface area contributed by atoms with Crippen LogP contribution in [0.25, 0.3) is 10.9 Å². The monoisotopic (exact) mass is 290 g/mol. The molecule has 1 heterocycles. The van der Waals surface area contributed by atoms with Crippen molar-refractivity contribution in [2.24, 2.45) is 0 Å². The van der Waals surface area contributed by atoms with Crippen LogP contribution in [-0.4, -0.2) is 16.9 Å². The highest BCUT2D eigenvalue weighted by atomic mass is 16.5. The number of carbonyl (C=O) groups excluding carboxylic acids is 1. The minimum atomic E-state index is -0.604. The van der Waals surface area contributed by atoms with Crippen LogP contribution in [-0.2, 0) is 0 Å². The number of ether oxygens (including phenoxy) is 1. The molecule has 0 fully saturated rings. The predicted molar refractivity (Wildman–Crippen MR) is 83.9 cm³/mol. The number of carbonyl (C=O) groups is 1. The molecule has 1 atom stereocenters. The average Bonchev–Trinajstić information content (AvgIpc) is 2.99. The number of nitriles is 1. The Morgan fingerprint density at radius 1 is 1.18 bits per heavy atom. The van der Waals surface area contributed by atoms with E-state index in [2.05, 4.69) is 4.98 Å². The lowest BCUT2D eigenvalue weighted by molar-refractivity contribution is 0.0820. The number of rotatable bonds is 4. The minimum Gasteiger partial charge on any atom is -0.483 e. The molecule has 4 nitrogen and oxygen atoms in total. The van der Waals surface area contributed by atoms with Crippen LogP contribution in [0, 0.1) is 11.3 Å². The molecule has 3 aromatic rings. The first-order chi connectivity index (χ1) is 10.7. The van der Waals surface area contributed by atoms with Gasteiger partial charge in [0.25, 0.3) is 0 Å². The third-order valence-corrected chi connectivity index (χ3v) is 3.52. The van der Waals surface area contributed by atoms with Crippen LogP contribution >= 0.6 is 0 Å². The largest absolute Gasteiger partial charge is 0.483 e. The van der Waals surface area contributed by atoms with E-state index in [9.17, 15) is 4.79 Å². The number of fused-ring (bicyclic) bond motifs is 1. The number of hydrogen-bond acceptors (Lipinski definition) is 3. The van der Waals surface area contributed by atoms with Gasteiger partial charge in [0.15, 0.2) is 6.10 Å². The van der Waals surface area contributed by atoms with Gasteiger partial charge in [-0.25, -0.2) is 0 Å². The molecule has 0 aliphatic rings. The lowest BCUT2D eigenvalue weighted by Gasteiger charge is -2.13. The van der Waals surface area contributed by atoms with Crippen LogP contribution < -0.4 is 4.74 Å². The average molecular weight is 290 g/mol. The van der Waals surface area contributed by atoms with Gasteiger partial charge in [0.05, 0.1) is 11.6 Å². The Balaban J connectivity index is 1.80. The van der Waals surface area contributed by atoms with Crippen molar-refractivity contribution in [3.05, 3.63) is 65.9 Å². The van der Waals surface area contributed by atoms with Gasteiger partial charge in [-0.05, 0) is 37.3 Å². The molecular formula is C18H14N2O2. The molecule has 0 aliphatic carbocycles. The summed E-state index contributed by atoms with van der Waals surface area (Å²) < 4.78 is 5.68. The summed E-state index contributed by atoms with van der Waals surface area (Å²) in [5.41, 5.74) is 2.11. The number of hydrogen-bond donors (Lipinski definition) is 1. The van der Waals surface area contributed by atoms with Crippen molar-refractivity contribution in [1.82, 2.24) is 4.98 Å². The first-order valence-corrected chi connectivity index (χ1v) is 6.96. The Morgan fingerprint density at radius 3 is 2.64 bits per heavy atom. The molecule has 2 aromatic carbocycles. The molecule has 1 N–H and O–H groups in total. The maximum atomic E-state index is 12.5. The molecule has 0 bridgehead atoms. The summed E-state index contributed by atoms with van der Waals surface area (Å²) in [5.74, 6) is 0.488. The summed E-state index contributed by atoms with van der Waals surface area (Å²) >= 11 is 0. The van der Waals surface area contributed by atoms with Gasteiger partial charge in [-0.2, -0.15) is 5.26 Å². The topological polar surface area (TPSA) is 65.9 Å². The normalized spacial score (nSPS) is 11.8. The van der Waals surface area contributed by atoms with Gasteiger partial charge >= 0.3 is 0 Å². The van der Waals surface area contributed by atoms with Gasteiger partial charge < -0.3 is 9.72 Å². The number of nitrogens with one attached hydrogen (secondary N) is 1. The fraction of sp³-hybridized carbons (Fsp3) is 0.111. The number of benzene rings is 2. The summed E-state index contributed by atoms with van der Waals surface area (Å²) in [6.45, 7) is 1.72. The Bertz CT molecular complexity index is 857. The van der Waals surface area contributed by atoms with Crippen molar-refractivity contribution < 1.29 is 9.53 Å². The maximum Gasteiger partial charge on any atom is 0.205 e. The van der Waals surface area contributed by atoms with E-state index in [0.717, 1.165) is 10.9 Å². The number of Topliss-reactive ketones (excluding diaryl/α,β-unsaturated/α-hetero) is 1. The quantitative estimate of drug-likeness (QED) is 0.745. The van der Waals surface area contributed by atoms with E-state index in [0.29, 0.717) is 16.9 Å². The SMILES string of the molecule is C[C@H](Oc1ccc(C#N)cc1)C(=O)c1c[nH]c2ccccc12. The van der Waals surface area contributed by atoms with E-state index in [1.165, 1.54) is 0 Å². The van der Waals surface area contributed by atoms with E-state index in [1.807, 2.05) is 30.3 Å². The molecule has 4 heteroatoms. The number of aromatic amines is 1. The zero-order valence-electron chi connectivity index (χ0n) is 12.0. The molecule has 0 unspecified atom stereocenters. The summed E-state index contributed by atoms with van der Waals surface area (Å²) in [5, 5.41) is 9.67. The molecule has 0 saturated heterocycles. The molecule has 0 aliphatic heterocycles. The zero-order valence-corrected chi connectivity index (χ0v) is 12.0. The van der Waals surface area contributed by atoms with E-state index in [-0.39, 0.29) is 5.78 Å². The second kappa shape index (κ2) is 5.74.